The van der Waals surface area contributed by atoms with Crippen molar-refractivity contribution in [2.75, 3.05) is 27.5 Å². The number of fused-ring (bicyclic) bond motifs is 1. The van der Waals surface area contributed by atoms with Crippen LogP contribution in [0.3, 0.4) is 0 Å². The molecule has 1 spiro atoms. The molecule has 1 saturated heterocycles. The fraction of sp³-hybridized carbons (Fsp3) is 0.227. The van der Waals surface area contributed by atoms with E-state index < -0.39 is 22.4 Å². The lowest BCUT2D eigenvalue weighted by atomic mass is 10.0. The van der Waals surface area contributed by atoms with Gasteiger partial charge in [-0.15, -0.1) is 0 Å². The quantitative estimate of drug-likeness (QED) is 0.301. The van der Waals surface area contributed by atoms with Crippen molar-refractivity contribution in [3.8, 4) is 0 Å². The van der Waals surface area contributed by atoms with E-state index in [1.807, 2.05) is 0 Å². The molecule has 2 aromatic carbocycles. The molecule has 4 N–H and O–H groups in total. The summed E-state index contributed by atoms with van der Waals surface area (Å²) in [6.07, 6.45) is 2.91. The molecule has 2 aliphatic rings. The molecule has 0 saturated carbocycles. The molecule has 2 heterocycles. The summed E-state index contributed by atoms with van der Waals surface area (Å²) in [5, 5.41) is 22.5. The lowest BCUT2D eigenvalue weighted by Gasteiger charge is -2.37. The molecule has 0 aliphatic carbocycles. The van der Waals surface area contributed by atoms with E-state index in [0.717, 1.165) is 30.1 Å². The summed E-state index contributed by atoms with van der Waals surface area (Å²) in [5.74, 6) is 0.386. The predicted molar refractivity (Wildman–Crippen MR) is 126 cm³/mol. The van der Waals surface area contributed by atoms with E-state index in [1.54, 1.807) is 36.9 Å². The van der Waals surface area contributed by atoms with Crippen molar-refractivity contribution in [3.05, 3.63) is 69.8 Å². The zero-order valence-electron chi connectivity index (χ0n) is 17.6. The van der Waals surface area contributed by atoms with Crippen molar-refractivity contribution in [1.82, 2.24) is 5.32 Å². The first-order valence-electron chi connectivity index (χ1n) is 10.1. The normalized spacial score (nSPS) is 19.0. The third-order valence-electron chi connectivity index (χ3n) is 5.36. The second-order valence-corrected chi connectivity index (χ2v) is 8.90. The third kappa shape index (κ3) is 4.98. The van der Waals surface area contributed by atoms with E-state index in [1.165, 1.54) is 18.2 Å². The molecule has 2 aliphatic heterocycles. The standard InChI is InChI=1S/C22H21N5O5S/c1-13-2-4-15(27(31)32)11-18(13)24-20(29)7-6-19(28)23-14-3-5-17-16(10-14)21(30)26-22(25-17)8-9-33-12-22/h2-7,10-11,25H,8-9,12H2,1H3,(H,23,28)(H,24,29)(H,26,30)/b7-6+. The highest BCUT2D eigenvalue weighted by atomic mass is 32.2. The third-order valence-corrected chi connectivity index (χ3v) is 6.55. The zero-order valence-corrected chi connectivity index (χ0v) is 18.5. The number of nitro benzene ring substituents is 1. The molecule has 170 valence electrons. The summed E-state index contributed by atoms with van der Waals surface area (Å²) in [7, 11) is 0. The van der Waals surface area contributed by atoms with Crippen molar-refractivity contribution in [2.24, 2.45) is 0 Å². The number of carbonyl (C=O) groups is 3. The fourth-order valence-corrected chi connectivity index (χ4v) is 4.90. The Morgan fingerprint density at radius 1 is 1.12 bits per heavy atom. The van der Waals surface area contributed by atoms with E-state index in [9.17, 15) is 24.5 Å². The lowest BCUT2D eigenvalue weighted by Crippen LogP contribution is -2.57. The van der Waals surface area contributed by atoms with Gasteiger partial charge in [0.25, 0.3) is 11.6 Å². The van der Waals surface area contributed by atoms with Crippen LogP contribution in [0.5, 0.6) is 0 Å². The van der Waals surface area contributed by atoms with Crippen LogP contribution in [-0.4, -0.2) is 39.8 Å². The highest BCUT2D eigenvalue weighted by Gasteiger charge is 2.40. The molecule has 11 heteroatoms. The number of nitro groups is 1. The van der Waals surface area contributed by atoms with Crippen molar-refractivity contribution in [1.29, 1.82) is 0 Å². The van der Waals surface area contributed by atoms with Crippen molar-refractivity contribution in [2.45, 2.75) is 19.0 Å². The van der Waals surface area contributed by atoms with Crippen molar-refractivity contribution >= 4 is 52.2 Å². The Kier molecular flexibility index (Phi) is 6.05. The predicted octanol–water partition coefficient (Wildman–Crippen LogP) is 3.03. The first-order chi connectivity index (χ1) is 15.7. The van der Waals surface area contributed by atoms with E-state index in [2.05, 4.69) is 21.3 Å². The minimum atomic E-state index is -0.609. The smallest absolute Gasteiger partial charge is 0.271 e. The number of amides is 3. The molecular formula is C22H21N5O5S. The van der Waals surface area contributed by atoms with Gasteiger partial charge >= 0.3 is 0 Å². The van der Waals surface area contributed by atoms with Crippen molar-refractivity contribution in [3.63, 3.8) is 0 Å². The fourth-order valence-electron chi connectivity index (χ4n) is 3.62. The highest BCUT2D eigenvalue weighted by Crippen LogP contribution is 2.35. The first kappa shape index (κ1) is 22.3. The number of non-ortho nitro benzene ring substituents is 1. The molecule has 3 amide bonds. The van der Waals surface area contributed by atoms with Gasteiger partial charge in [-0.05, 0) is 42.9 Å². The Hall–Kier alpha value is -3.86. The summed E-state index contributed by atoms with van der Waals surface area (Å²) < 4.78 is 0. The largest absolute Gasteiger partial charge is 0.361 e. The number of rotatable bonds is 5. The van der Waals surface area contributed by atoms with E-state index in [-0.39, 0.29) is 17.3 Å². The first-order valence-corrected chi connectivity index (χ1v) is 11.3. The molecule has 2 aromatic rings. The zero-order chi connectivity index (χ0) is 23.6. The summed E-state index contributed by atoms with van der Waals surface area (Å²) >= 11 is 1.77. The number of anilines is 3. The number of hydrogen-bond donors (Lipinski definition) is 4. The summed E-state index contributed by atoms with van der Waals surface area (Å²) in [6.45, 7) is 1.70. The number of hydrogen-bond acceptors (Lipinski definition) is 7. The van der Waals surface area contributed by atoms with Gasteiger partial charge in [-0.2, -0.15) is 11.8 Å². The summed E-state index contributed by atoms with van der Waals surface area (Å²) in [5.41, 5.74) is 1.90. The maximum atomic E-state index is 12.6. The maximum Gasteiger partial charge on any atom is 0.271 e. The number of benzene rings is 2. The van der Waals surface area contributed by atoms with Gasteiger partial charge < -0.3 is 21.3 Å². The van der Waals surface area contributed by atoms with Gasteiger partial charge in [0, 0.05) is 41.4 Å². The van der Waals surface area contributed by atoms with Crippen LogP contribution in [0.4, 0.5) is 22.7 Å². The molecule has 33 heavy (non-hydrogen) atoms. The molecule has 0 radical (unpaired) electrons. The van der Waals surface area contributed by atoms with Crippen molar-refractivity contribution < 1.29 is 19.3 Å². The Balaban J connectivity index is 1.39. The minimum absolute atomic E-state index is 0.152. The van der Waals surface area contributed by atoms with E-state index >= 15 is 0 Å². The van der Waals surface area contributed by atoms with Crippen LogP contribution in [0, 0.1) is 17.0 Å². The molecule has 0 aromatic heterocycles. The minimum Gasteiger partial charge on any atom is -0.361 e. The molecule has 1 fully saturated rings. The van der Waals surface area contributed by atoms with Gasteiger partial charge in [0.1, 0.15) is 5.66 Å². The van der Waals surface area contributed by atoms with Crippen LogP contribution in [0.1, 0.15) is 22.3 Å². The monoisotopic (exact) mass is 467 g/mol. The Morgan fingerprint density at radius 2 is 1.88 bits per heavy atom. The second kappa shape index (κ2) is 8.94. The molecule has 4 rings (SSSR count). The number of thioether (sulfide) groups is 1. The second-order valence-electron chi connectivity index (χ2n) is 7.79. The van der Waals surface area contributed by atoms with Gasteiger partial charge in [0.2, 0.25) is 11.8 Å². The average Bonchev–Trinajstić information content (AvgIpc) is 3.21. The molecule has 10 nitrogen and oxygen atoms in total. The van der Waals surface area contributed by atoms with Crippen LogP contribution in [-0.2, 0) is 9.59 Å². The van der Waals surface area contributed by atoms with E-state index in [0.29, 0.717) is 22.5 Å². The van der Waals surface area contributed by atoms with Crippen LogP contribution < -0.4 is 21.3 Å². The maximum absolute atomic E-state index is 12.6. The van der Waals surface area contributed by atoms with Crippen LogP contribution in [0.15, 0.2) is 48.6 Å². The summed E-state index contributed by atoms with van der Waals surface area (Å²) in [4.78, 5) is 47.3. The Labute approximate surface area is 193 Å². The molecule has 0 bridgehead atoms. The molecule has 1 atom stereocenters. The van der Waals surface area contributed by atoms with Crippen LogP contribution in [0.25, 0.3) is 0 Å². The Morgan fingerprint density at radius 3 is 2.58 bits per heavy atom. The van der Waals surface area contributed by atoms with E-state index in [4.69, 9.17) is 0 Å². The van der Waals surface area contributed by atoms with Gasteiger partial charge in [-0.3, -0.25) is 24.5 Å². The number of aryl methyl sites for hydroxylation is 1. The van der Waals surface area contributed by atoms with Gasteiger partial charge in [0.05, 0.1) is 16.2 Å². The number of carbonyl (C=O) groups excluding carboxylic acids is 3. The average molecular weight is 468 g/mol. The van der Waals surface area contributed by atoms with Gasteiger partial charge in [0.15, 0.2) is 0 Å². The number of nitrogens with zero attached hydrogens (tertiary/aromatic N) is 1. The Bertz CT molecular complexity index is 1190. The van der Waals surface area contributed by atoms with Crippen LogP contribution in [0.2, 0.25) is 0 Å². The molecular weight excluding hydrogens is 446 g/mol. The lowest BCUT2D eigenvalue weighted by molar-refractivity contribution is -0.384. The van der Waals surface area contributed by atoms with Gasteiger partial charge in [-0.25, -0.2) is 0 Å². The topological polar surface area (TPSA) is 142 Å². The molecule has 1 unspecified atom stereocenters. The summed E-state index contributed by atoms with van der Waals surface area (Å²) in [6, 6.07) is 9.12. The van der Waals surface area contributed by atoms with Gasteiger partial charge in [-0.1, -0.05) is 6.07 Å². The van der Waals surface area contributed by atoms with Crippen LogP contribution >= 0.6 is 11.8 Å². The SMILES string of the molecule is Cc1ccc([N+](=O)[O-])cc1NC(=O)/C=C/C(=O)Nc1ccc2c(c1)C(=O)NC1(CCSC1)N2. The highest BCUT2D eigenvalue weighted by molar-refractivity contribution is 7.99. The number of nitrogens with one attached hydrogen (secondary N) is 4.